The first-order chi connectivity index (χ1) is 17.8. The number of piperidine rings is 1. The molecule has 0 amide bonds. The maximum atomic E-state index is 12.7. The Morgan fingerprint density at radius 1 is 1.24 bits per heavy atom. The smallest absolute Gasteiger partial charge is 0.360 e. The van der Waals surface area contributed by atoms with Gasteiger partial charge in [0, 0.05) is 55.2 Å². The van der Waals surface area contributed by atoms with Crippen molar-refractivity contribution in [3.8, 4) is 0 Å². The average molecular weight is 548 g/mol. The number of hydrogen-bond acceptors (Lipinski definition) is 10. The van der Waals surface area contributed by atoms with Gasteiger partial charge in [-0.15, -0.1) is 0 Å². The van der Waals surface area contributed by atoms with Crippen LogP contribution in [0.3, 0.4) is 0 Å². The zero-order valence-corrected chi connectivity index (χ0v) is 23.1. The Hall–Kier alpha value is -2.14. The van der Waals surface area contributed by atoms with Crippen molar-refractivity contribution in [2.75, 3.05) is 56.3 Å². The van der Waals surface area contributed by atoms with Gasteiger partial charge in [-0.25, -0.2) is 19.7 Å². The van der Waals surface area contributed by atoms with E-state index in [0.29, 0.717) is 27.6 Å². The van der Waals surface area contributed by atoms with Crippen molar-refractivity contribution in [2.24, 2.45) is 17.3 Å². The molecule has 3 aliphatic rings. The highest BCUT2D eigenvalue weighted by Gasteiger charge is 2.47. The second kappa shape index (κ2) is 10.9. The standard InChI is InChI=1S/C26H34ClN5O4S/c1-16-17(2)36-15-26(16)6-10-31(11-7-26)24-22(25(34)35-3)30-20(12-29-24)37-19-4-8-28-23(21(19)27)32-9-5-18(13-32)14-33/h4,8,12,16-18,33H,5-7,9-11,13-15H2,1-3H3/t16-,17+,18?/m1/s1. The molecule has 1 spiro atoms. The van der Waals surface area contributed by atoms with Crippen molar-refractivity contribution in [1.29, 1.82) is 0 Å². The van der Waals surface area contributed by atoms with Gasteiger partial charge in [-0.05, 0) is 38.2 Å². The summed E-state index contributed by atoms with van der Waals surface area (Å²) < 4.78 is 11.0. The Morgan fingerprint density at radius 3 is 2.68 bits per heavy atom. The van der Waals surface area contributed by atoms with E-state index < -0.39 is 5.97 Å². The second-order valence-electron chi connectivity index (χ2n) is 10.4. The van der Waals surface area contributed by atoms with Crippen molar-refractivity contribution in [1.82, 2.24) is 15.0 Å². The number of ether oxygens (including phenoxy) is 2. The van der Waals surface area contributed by atoms with Crippen LogP contribution in [0, 0.1) is 17.3 Å². The fourth-order valence-corrected chi connectivity index (χ4v) is 6.84. The van der Waals surface area contributed by atoms with Crippen molar-refractivity contribution in [2.45, 2.75) is 49.1 Å². The Bertz CT molecular complexity index is 1150. The predicted molar refractivity (Wildman–Crippen MR) is 143 cm³/mol. The molecule has 0 radical (unpaired) electrons. The van der Waals surface area contributed by atoms with Crippen molar-refractivity contribution >= 4 is 41.0 Å². The van der Waals surface area contributed by atoms with E-state index in [-0.39, 0.29) is 29.7 Å². The third kappa shape index (κ3) is 5.13. The zero-order valence-electron chi connectivity index (χ0n) is 21.5. The van der Waals surface area contributed by atoms with Gasteiger partial charge in [0.2, 0.25) is 0 Å². The molecule has 5 heterocycles. The van der Waals surface area contributed by atoms with E-state index in [4.69, 9.17) is 21.1 Å². The molecule has 3 aliphatic heterocycles. The van der Waals surface area contributed by atoms with Crippen LogP contribution in [0.4, 0.5) is 11.6 Å². The lowest BCUT2D eigenvalue weighted by Crippen LogP contribution is -2.44. The summed E-state index contributed by atoms with van der Waals surface area (Å²) in [5.41, 5.74) is 0.399. The molecule has 3 fully saturated rings. The highest BCUT2D eigenvalue weighted by molar-refractivity contribution is 7.99. The molecule has 2 aromatic heterocycles. The minimum absolute atomic E-state index is 0.157. The fraction of sp³-hybridized carbons (Fsp3) is 0.615. The summed E-state index contributed by atoms with van der Waals surface area (Å²) >= 11 is 8.09. The van der Waals surface area contributed by atoms with Crippen LogP contribution in [0.25, 0.3) is 0 Å². The van der Waals surface area contributed by atoms with E-state index in [0.717, 1.165) is 56.9 Å². The molecule has 3 atom stereocenters. The summed E-state index contributed by atoms with van der Waals surface area (Å²) in [5, 5.41) is 10.6. The van der Waals surface area contributed by atoms with Gasteiger partial charge in [0.15, 0.2) is 11.5 Å². The van der Waals surface area contributed by atoms with E-state index >= 15 is 0 Å². The topological polar surface area (TPSA) is 101 Å². The summed E-state index contributed by atoms with van der Waals surface area (Å²) in [4.78, 5) is 31.6. The number of aliphatic hydroxyl groups excluding tert-OH is 1. The summed E-state index contributed by atoms with van der Waals surface area (Å²) in [5.74, 6) is 1.48. The summed E-state index contributed by atoms with van der Waals surface area (Å²) in [6, 6.07) is 1.83. The molecule has 0 saturated carbocycles. The van der Waals surface area contributed by atoms with E-state index in [9.17, 15) is 9.90 Å². The first-order valence-corrected chi connectivity index (χ1v) is 14.0. The first kappa shape index (κ1) is 26.5. The molecule has 0 aromatic carbocycles. The molecule has 37 heavy (non-hydrogen) atoms. The van der Waals surface area contributed by atoms with Gasteiger partial charge >= 0.3 is 5.97 Å². The molecule has 200 valence electrons. The number of rotatable bonds is 6. The molecule has 3 saturated heterocycles. The monoisotopic (exact) mass is 547 g/mol. The molecule has 11 heteroatoms. The van der Waals surface area contributed by atoms with E-state index in [1.807, 2.05) is 6.07 Å². The highest BCUT2D eigenvalue weighted by Crippen LogP contribution is 2.47. The molecular weight excluding hydrogens is 514 g/mol. The van der Waals surface area contributed by atoms with Gasteiger partial charge in [0.05, 0.1) is 31.0 Å². The van der Waals surface area contributed by atoms with Crippen LogP contribution >= 0.6 is 23.4 Å². The van der Waals surface area contributed by atoms with Gasteiger partial charge in [-0.1, -0.05) is 30.3 Å². The quantitative estimate of drug-likeness (QED) is 0.535. The third-order valence-corrected chi connectivity index (χ3v) is 9.82. The maximum Gasteiger partial charge on any atom is 0.360 e. The first-order valence-electron chi connectivity index (χ1n) is 12.9. The number of carbonyl (C=O) groups is 1. The van der Waals surface area contributed by atoms with Gasteiger partial charge in [0.25, 0.3) is 0 Å². The Balaban J connectivity index is 1.35. The van der Waals surface area contributed by atoms with Crippen LogP contribution < -0.4 is 9.80 Å². The summed E-state index contributed by atoms with van der Waals surface area (Å²) in [7, 11) is 1.36. The lowest BCUT2D eigenvalue weighted by molar-refractivity contribution is 0.0592. The maximum absolute atomic E-state index is 12.7. The van der Waals surface area contributed by atoms with Crippen LogP contribution in [0.1, 0.15) is 43.6 Å². The Labute approximate surface area is 226 Å². The normalized spacial score (nSPS) is 25.2. The minimum atomic E-state index is -0.509. The number of hydrogen-bond donors (Lipinski definition) is 1. The molecule has 0 aliphatic carbocycles. The molecule has 1 N–H and O–H groups in total. The van der Waals surface area contributed by atoms with Crippen molar-refractivity contribution in [3.63, 3.8) is 0 Å². The van der Waals surface area contributed by atoms with E-state index in [1.54, 1.807) is 12.4 Å². The number of aliphatic hydroxyl groups is 1. The van der Waals surface area contributed by atoms with Gasteiger partial charge in [-0.2, -0.15) is 0 Å². The fourth-order valence-electron chi connectivity index (χ4n) is 5.72. The SMILES string of the molecule is COC(=O)c1nc(Sc2ccnc(N3CCC(CO)C3)c2Cl)cnc1N1CCC2(CC1)CO[C@@H](C)[C@H]2C. The number of aromatic nitrogens is 3. The summed E-state index contributed by atoms with van der Waals surface area (Å²) in [6.45, 7) is 8.48. The lowest BCUT2D eigenvalue weighted by Gasteiger charge is -2.42. The van der Waals surface area contributed by atoms with Gasteiger partial charge in [0.1, 0.15) is 10.8 Å². The van der Waals surface area contributed by atoms with Crippen LogP contribution in [0.5, 0.6) is 0 Å². The Kier molecular flexibility index (Phi) is 7.81. The molecule has 5 rings (SSSR count). The molecule has 0 bridgehead atoms. The lowest BCUT2D eigenvalue weighted by atomic mass is 9.70. The Morgan fingerprint density at radius 2 is 2.03 bits per heavy atom. The number of pyridine rings is 1. The van der Waals surface area contributed by atoms with E-state index in [1.165, 1.54) is 18.9 Å². The average Bonchev–Trinajstić information content (AvgIpc) is 3.51. The van der Waals surface area contributed by atoms with Crippen LogP contribution in [-0.2, 0) is 9.47 Å². The van der Waals surface area contributed by atoms with Crippen molar-refractivity contribution < 1.29 is 19.4 Å². The van der Waals surface area contributed by atoms with Crippen LogP contribution in [0.2, 0.25) is 5.02 Å². The van der Waals surface area contributed by atoms with Crippen molar-refractivity contribution in [3.05, 3.63) is 29.2 Å². The third-order valence-electron chi connectivity index (χ3n) is 8.37. The second-order valence-corrected chi connectivity index (χ2v) is 11.8. The number of halogens is 1. The summed E-state index contributed by atoms with van der Waals surface area (Å²) in [6.07, 6.45) is 6.56. The van der Waals surface area contributed by atoms with E-state index in [2.05, 4.69) is 38.6 Å². The minimum Gasteiger partial charge on any atom is -0.464 e. The number of carbonyl (C=O) groups excluding carboxylic acids is 1. The molecule has 2 aromatic rings. The van der Waals surface area contributed by atoms with Gasteiger partial charge < -0.3 is 24.4 Å². The molecular formula is C26H34ClN5O4S. The molecule has 9 nitrogen and oxygen atoms in total. The van der Waals surface area contributed by atoms with Crippen LogP contribution in [-0.4, -0.2) is 78.6 Å². The van der Waals surface area contributed by atoms with Crippen LogP contribution in [0.15, 0.2) is 28.4 Å². The highest BCUT2D eigenvalue weighted by atomic mass is 35.5. The predicted octanol–water partition coefficient (Wildman–Crippen LogP) is 3.92. The number of esters is 1. The number of nitrogens with zero attached hydrogens (tertiary/aromatic N) is 5. The zero-order chi connectivity index (χ0) is 26.2. The number of methoxy groups -OCH3 is 1. The number of anilines is 2. The van der Waals surface area contributed by atoms with Gasteiger partial charge in [-0.3, -0.25) is 0 Å². The largest absolute Gasteiger partial charge is 0.464 e. The molecule has 1 unspecified atom stereocenters.